The number of hydrogen-bond acceptors (Lipinski definition) is 3. The third kappa shape index (κ3) is 4.41. The lowest BCUT2D eigenvalue weighted by Crippen LogP contribution is -2.44. The topological polar surface area (TPSA) is 29.5 Å². The highest BCUT2D eigenvalue weighted by atomic mass is 32.2. The number of aryl methyl sites for hydroxylation is 1. The van der Waals surface area contributed by atoms with Gasteiger partial charge in [-0.25, -0.2) is 0 Å². The summed E-state index contributed by atoms with van der Waals surface area (Å²) in [6.07, 6.45) is 12.7. The molecule has 2 nitrogen and oxygen atoms in total. The lowest BCUT2D eigenvalue weighted by atomic mass is 9.69. The Morgan fingerprint density at radius 1 is 1.00 bits per heavy atom. The van der Waals surface area contributed by atoms with Crippen molar-refractivity contribution in [3.63, 3.8) is 0 Å². The van der Waals surface area contributed by atoms with E-state index < -0.39 is 8.32 Å². The van der Waals surface area contributed by atoms with Gasteiger partial charge in [0.2, 0.25) is 8.32 Å². The van der Waals surface area contributed by atoms with Gasteiger partial charge < -0.3 is 9.53 Å². The van der Waals surface area contributed by atoms with Gasteiger partial charge in [-0.1, -0.05) is 38.0 Å². The highest BCUT2D eigenvalue weighted by Crippen LogP contribution is 2.51. The number of rotatable bonds is 4. The maximum absolute atomic E-state index is 11.7. The molecule has 0 fully saturated rings. The summed E-state index contributed by atoms with van der Waals surface area (Å²) in [5.74, 6) is 1.20. The van der Waals surface area contributed by atoms with Crippen molar-refractivity contribution in [2.24, 2.45) is 0 Å². The molecule has 0 radical (unpaired) electrons. The Labute approximate surface area is 195 Å². The molecular weight excluding hydrogens is 416 g/mol. The second kappa shape index (κ2) is 8.91. The van der Waals surface area contributed by atoms with Crippen LogP contribution in [0.2, 0.25) is 18.1 Å². The van der Waals surface area contributed by atoms with Crippen LogP contribution in [-0.2, 0) is 12.8 Å². The highest BCUT2D eigenvalue weighted by molar-refractivity contribution is 7.99. The highest BCUT2D eigenvalue weighted by Gasteiger charge is 2.44. The molecule has 172 valence electrons. The lowest BCUT2D eigenvalue weighted by Gasteiger charge is -2.43. The van der Waals surface area contributed by atoms with Crippen LogP contribution in [0, 0.1) is 0 Å². The molecule has 1 aromatic rings. The van der Waals surface area contributed by atoms with E-state index in [0.29, 0.717) is 5.25 Å². The Morgan fingerprint density at radius 2 is 1.68 bits per heavy atom. The van der Waals surface area contributed by atoms with Crippen LogP contribution in [0.3, 0.4) is 0 Å². The average Bonchev–Trinajstić information content (AvgIpc) is 2.73. The normalized spacial score (nSPS) is 27.0. The summed E-state index contributed by atoms with van der Waals surface area (Å²) in [5, 5.41) is 12.2. The van der Waals surface area contributed by atoms with Gasteiger partial charge in [0.15, 0.2) is 0 Å². The maximum Gasteiger partial charge on any atom is 0.250 e. The van der Waals surface area contributed by atoms with E-state index in [4.69, 9.17) is 4.43 Å². The van der Waals surface area contributed by atoms with Gasteiger partial charge >= 0.3 is 0 Å². The maximum atomic E-state index is 11.7. The van der Waals surface area contributed by atoms with Crippen molar-refractivity contribution < 1.29 is 9.53 Å². The van der Waals surface area contributed by atoms with E-state index in [-0.39, 0.29) is 17.1 Å². The van der Waals surface area contributed by atoms with Crippen molar-refractivity contribution in [2.45, 2.75) is 114 Å². The lowest BCUT2D eigenvalue weighted by molar-refractivity contribution is 0.139. The van der Waals surface area contributed by atoms with Gasteiger partial charge in [-0.2, -0.15) is 11.8 Å². The van der Waals surface area contributed by atoms with Crippen LogP contribution in [0.1, 0.15) is 88.3 Å². The molecule has 4 heteroatoms. The summed E-state index contributed by atoms with van der Waals surface area (Å²) in [4.78, 5) is 0. The molecule has 0 saturated carbocycles. The minimum atomic E-state index is -1.98. The van der Waals surface area contributed by atoms with Crippen LogP contribution in [-0.4, -0.2) is 31.0 Å². The number of aliphatic hydroxyl groups excluding tert-OH is 1. The standard InChI is InChI=1S/C27H42O2SSi/c1-27(2,3)31(5,6)29-22-16-15-18-11-7-9-13-20(18)24(22)25-21-14-10-8-12-19(21)17-23(30-4)26(25)28/h15-16,23,25-26,28H,7-14,17H2,1-6H3/t23-,25-,26?/m1/s1. The predicted octanol–water partition coefficient (Wildman–Crippen LogP) is 7.40. The monoisotopic (exact) mass is 458 g/mol. The predicted molar refractivity (Wildman–Crippen MR) is 137 cm³/mol. The quantitative estimate of drug-likeness (QED) is 0.376. The van der Waals surface area contributed by atoms with Crippen molar-refractivity contribution in [3.8, 4) is 5.75 Å². The molecule has 0 spiro atoms. The van der Waals surface area contributed by atoms with Crippen molar-refractivity contribution in [3.05, 3.63) is 40.0 Å². The van der Waals surface area contributed by atoms with Gasteiger partial charge in [0.25, 0.3) is 0 Å². The molecular formula is C27H42O2SSi. The van der Waals surface area contributed by atoms with Crippen molar-refractivity contribution in [1.29, 1.82) is 0 Å². The summed E-state index contributed by atoms with van der Waals surface area (Å²) in [6.45, 7) is 11.7. The number of hydrogen-bond donors (Lipinski definition) is 1. The first-order valence-corrected chi connectivity index (χ1v) is 16.6. The number of allylic oxidation sites excluding steroid dienone is 1. The van der Waals surface area contributed by atoms with Crippen molar-refractivity contribution in [2.75, 3.05) is 6.26 Å². The average molecular weight is 459 g/mol. The fourth-order valence-corrected chi connectivity index (χ4v) is 7.48. The molecule has 0 aliphatic heterocycles. The van der Waals surface area contributed by atoms with Crippen molar-refractivity contribution in [1.82, 2.24) is 0 Å². The Bertz CT molecular complexity index is 852. The van der Waals surface area contributed by atoms with E-state index in [2.05, 4.69) is 52.3 Å². The zero-order valence-corrected chi connectivity index (χ0v) is 22.3. The summed E-state index contributed by atoms with van der Waals surface area (Å²) in [7, 11) is -1.98. The number of fused-ring (bicyclic) bond motifs is 1. The van der Waals surface area contributed by atoms with Crippen LogP contribution >= 0.6 is 11.8 Å². The SMILES string of the molecule is CS[C@@H]1CC2=C(CCCC2)[C@H](c2c(O[Si](C)(C)C(C)(C)C)ccc3c2CCCC3)C1O. The van der Waals surface area contributed by atoms with E-state index in [0.717, 1.165) is 25.0 Å². The van der Waals surface area contributed by atoms with E-state index in [1.54, 1.807) is 11.1 Å². The van der Waals surface area contributed by atoms with Gasteiger partial charge in [0.05, 0.1) is 6.10 Å². The van der Waals surface area contributed by atoms with Crippen LogP contribution in [0.4, 0.5) is 0 Å². The number of thioether (sulfide) groups is 1. The minimum Gasteiger partial charge on any atom is -0.543 e. The second-order valence-electron chi connectivity index (χ2n) is 11.5. The van der Waals surface area contributed by atoms with Gasteiger partial charge in [0.1, 0.15) is 5.75 Å². The van der Waals surface area contributed by atoms with E-state index in [1.807, 2.05) is 11.8 Å². The molecule has 3 aliphatic carbocycles. The number of aliphatic hydroxyl groups is 1. The molecule has 3 atom stereocenters. The summed E-state index contributed by atoms with van der Waals surface area (Å²) in [6, 6.07) is 4.59. The molecule has 31 heavy (non-hydrogen) atoms. The van der Waals surface area contributed by atoms with E-state index in [1.165, 1.54) is 55.2 Å². The molecule has 0 saturated heterocycles. The first-order valence-electron chi connectivity index (χ1n) is 12.4. The molecule has 3 aliphatic rings. The molecule has 1 aromatic carbocycles. The first-order chi connectivity index (χ1) is 14.6. The fraction of sp³-hybridized carbons (Fsp3) is 0.704. The van der Waals surface area contributed by atoms with Crippen LogP contribution in [0.15, 0.2) is 23.3 Å². The minimum absolute atomic E-state index is 0.120. The smallest absolute Gasteiger partial charge is 0.250 e. The zero-order valence-electron chi connectivity index (χ0n) is 20.5. The fourth-order valence-electron chi connectivity index (χ4n) is 5.64. The van der Waals surface area contributed by atoms with Gasteiger partial charge in [0, 0.05) is 16.7 Å². The number of benzene rings is 1. The zero-order chi connectivity index (χ0) is 22.4. The third-order valence-electron chi connectivity index (χ3n) is 8.50. The van der Waals surface area contributed by atoms with Crippen LogP contribution in [0.5, 0.6) is 5.75 Å². The molecule has 1 N–H and O–H groups in total. The van der Waals surface area contributed by atoms with Gasteiger partial charge in [-0.3, -0.25) is 0 Å². The van der Waals surface area contributed by atoms with Gasteiger partial charge in [-0.05, 0) is 99.4 Å². The van der Waals surface area contributed by atoms with Crippen LogP contribution in [0.25, 0.3) is 0 Å². The first kappa shape index (κ1) is 23.4. The van der Waals surface area contributed by atoms with Crippen LogP contribution < -0.4 is 4.43 Å². The van der Waals surface area contributed by atoms with Gasteiger partial charge in [-0.15, -0.1) is 0 Å². The Hall–Kier alpha value is -0.713. The Morgan fingerprint density at radius 3 is 2.39 bits per heavy atom. The summed E-state index contributed by atoms with van der Waals surface area (Å²) >= 11 is 1.85. The molecule has 0 amide bonds. The third-order valence-corrected chi connectivity index (χ3v) is 13.9. The van der Waals surface area contributed by atoms with E-state index in [9.17, 15) is 5.11 Å². The molecule has 0 heterocycles. The second-order valence-corrected chi connectivity index (χ2v) is 17.3. The summed E-state index contributed by atoms with van der Waals surface area (Å²) in [5.41, 5.74) is 7.57. The molecule has 1 unspecified atom stereocenters. The molecule has 0 aromatic heterocycles. The Kier molecular flexibility index (Phi) is 6.74. The summed E-state index contributed by atoms with van der Waals surface area (Å²) < 4.78 is 7.01. The molecule has 4 rings (SSSR count). The largest absolute Gasteiger partial charge is 0.543 e. The molecule has 0 bridgehead atoms. The Balaban J connectivity index is 1.89. The van der Waals surface area contributed by atoms with E-state index >= 15 is 0 Å². The van der Waals surface area contributed by atoms with Crippen molar-refractivity contribution >= 4 is 20.1 Å².